The lowest BCUT2D eigenvalue weighted by molar-refractivity contribution is 0.252. The number of nitrogens with one attached hydrogen (secondary N) is 1. The number of likely N-dealkylation sites (N-methyl/N-ethyl adjacent to an activating group) is 1. The van der Waals surface area contributed by atoms with Gasteiger partial charge in [0.15, 0.2) is 0 Å². The molecule has 0 radical (unpaired) electrons. The molecule has 1 aromatic carbocycles. The maximum atomic E-state index is 4.41. The third-order valence-corrected chi connectivity index (χ3v) is 5.35. The standard InChI is InChI=1S/C29H42N2/c1-8-11-13-15-20-26(6)29(25(5)19-14-12-9-2)31(10-3)23-22-27(7)30-28-21-17-16-18-24(28)4/h9,11-21,27,29-30H,2,6,8,10,22-23H2,1,3-5,7H3/b13-11-,14-12-,20-15-,25-19+. The van der Waals surface area contributed by atoms with Crippen molar-refractivity contribution in [2.75, 3.05) is 18.4 Å². The van der Waals surface area contributed by atoms with E-state index >= 15 is 0 Å². The summed E-state index contributed by atoms with van der Waals surface area (Å²) in [7, 11) is 0. The Morgan fingerprint density at radius 1 is 1.13 bits per heavy atom. The normalized spacial score (nSPS) is 14.6. The smallest absolute Gasteiger partial charge is 0.0555 e. The molecule has 0 saturated carbocycles. The van der Waals surface area contributed by atoms with Gasteiger partial charge in [-0.05, 0) is 57.4 Å². The van der Waals surface area contributed by atoms with Gasteiger partial charge in [-0.1, -0.05) is 99.4 Å². The van der Waals surface area contributed by atoms with Crippen LogP contribution < -0.4 is 5.32 Å². The molecule has 2 nitrogen and oxygen atoms in total. The fourth-order valence-electron chi connectivity index (χ4n) is 3.58. The number of anilines is 1. The number of hydrogen-bond donors (Lipinski definition) is 1. The van der Waals surface area contributed by atoms with Gasteiger partial charge in [-0.15, -0.1) is 0 Å². The lowest BCUT2D eigenvalue weighted by Gasteiger charge is -2.33. The van der Waals surface area contributed by atoms with Crippen molar-refractivity contribution in [3.05, 3.63) is 103 Å². The van der Waals surface area contributed by atoms with Gasteiger partial charge in [0.2, 0.25) is 0 Å². The molecular formula is C29H42N2. The summed E-state index contributed by atoms with van der Waals surface area (Å²) in [5, 5.41) is 3.67. The van der Waals surface area contributed by atoms with Crippen molar-refractivity contribution in [1.82, 2.24) is 4.90 Å². The lowest BCUT2D eigenvalue weighted by atomic mass is 9.97. The van der Waals surface area contributed by atoms with E-state index in [9.17, 15) is 0 Å². The molecule has 0 aliphatic carbocycles. The molecular weight excluding hydrogens is 376 g/mol. The third kappa shape index (κ3) is 9.85. The summed E-state index contributed by atoms with van der Waals surface area (Å²) in [6, 6.07) is 9.04. The van der Waals surface area contributed by atoms with Crippen LogP contribution in [0.5, 0.6) is 0 Å². The van der Waals surface area contributed by atoms with E-state index in [4.69, 9.17) is 0 Å². The van der Waals surface area contributed by atoms with E-state index in [-0.39, 0.29) is 6.04 Å². The van der Waals surface area contributed by atoms with Crippen molar-refractivity contribution in [1.29, 1.82) is 0 Å². The maximum absolute atomic E-state index is 4.41. The summed E-state index contributed by atoms with van der Waals surface area (Å²) in [5.74, 6) is 0. The van der Waals surface area contributed by atoms with E-state index in [1.165, 1.54) is 16.8 Å². The van der Waals surface area contributed by atoms with Crippen LogP contribution >= 0.6 is 0 Å². The predicted octanol–water partition coefficient (Wildman–Crippen LogP) is 7.64. The molecule has 2 heteroatoms. The zero-order chi connectivity index (χ0) is 23.1. The Morgan fingerprint density at radius 3 is 2.52 bits per heavy atom. The monoisotopic (exact) mass is 418 g/mol. The Bertz CT molecular complexity index is 795. The van der Waals surface area contributed by atoms with Gasteiger partial charge >= 0.3 is 0 Å². The zero-order valence-electron chi connectivity index (χ0n) is 20.3. The van der Waals surface area contributed by atoms with E-state index in [2.05, 4.69) is 119 Å². The molecule has 168 valence electrons. The second-order valence-electron chi connectivity index (χ2n) is 7.98. The van der Waals surface area contributed by atoms with E-state index in [1.807, 2.05) is 6.08 Å². The Balaban J connectivity index is 2.94. The summed E-state index contributed by atoms with van der Waals surface area (Å²) < 4.78 is 0. The topological polar surface area (TPSA) is 15.3 Å². The fourth-order valence-corrected chi connectivity index (χ4v) is 3.58. The molecule has 0 aliphatic heterocycles. The average molecular weight is 419 g/mol. The van der Waals surface area contributed by atoms with Gasteiger partial charge in [0.05, 0.1) is 6.04 Å². The second kappa shape index (κ2) is 15.3. The average Bonchev–Trinajstić information content (AvgIpc) is 2.75. The quantitative estimate of drug-likeness (QED) is 0.312. The molecule has 0 aromatic heterocycles. The number of nitrogens with zero attached hydrogens (tertiary/aromatic N) is 1. The lowest BCUT2D eigenvalue weighted by Crippen LogP contribution is -2.39. The van der Waals surface area contributed by atoms with Crippen LogP contribution in [0, 0.1) is 6.92 Å². The number of aryl methyl sites for hydroxylation is 1. The first-order valence-electron chi connectivity index (χ1n) is 11.5. The van der Waals surface area contributed by atoms with E-state index in [0.29, 0.717) is 6.04 Å². The molecule has 0 fully saturated rings. The molecule has 0 amide bonds. The molecule has 31 heavy (non-hydrogen) atoms. The Kier molecular flexibility index (Phi) is 13.0. The second-order valence-corrected chi connectivity index (χ2v) is 7.98. The largest absolute Gasteiger partial charge is 0.382 e. The highest BCUT2D eigenvalue weighted by atomic mass is 15.2. The van der Waals surface area contributed by atoms with Crippen LogP contribution in [0.2, 0.25) is 0 Å². The number of rotatable bonds is 14. The first kappa shape index (κ1) is 26.5. The zero-order valence-corrected chi connectivity index (χ0v) is 20.3. The summed E-state index contributed by atoms with van der Waals surface area (Å²) >= 11 is 0. The fraction of sp³-hybridized carbons (Fsp3) is 0.379. The number of hydrogen-bond acceptors (Lipinski definition) is 2. The van der Waals surface area contributed by atoms with Crippen LogP contribution in [-0.4, -0.2) is 30.1 Å². The van der Waals surface area contributed by atoms with Crippen molar-refractivity contribution in [2.45, 2.75) is 59.5 Å². The summed E-state index contributed by atoms with van der Waals surface area (Å²) in [5.41, 5.74) is 4.90. The van der Waals surface area contributed by atoms with E-state index in [0.717, 1.165) is 31.5 Å². The van der Waals surface area contributed by atoms with Gasteiger partial charge in [0.1, 0.15) is 0 Å². The van der Waals surface area contributed by atoms with Crippen molar-refractivity contribution in [3.8, 4) is 0 Å². The SMILES string of the molecule is C=C/C=C\C=C(/C)C(C(=C)/C=C\C=C/CC)N(CC)CCC(C)Nc1ccccc1C. The van der Waals surface area contributed by atoms with Gasteiger partial charge in [-0.2, -0.15) is 0 Å². The highest BCUT2D eigenvalue weighted by Gasteiger charge is 2.21. The highest BCUT2D eigenvalue weighted by molar-refractivity contribution is 5.50. The van der Waals surface area contributed by atoms with Crippen LogP contribution in [0.15, 0.2) is 97.2 Å². The molecule has 0 bridgehead atoms. The summed E-state index contributed by atoms with van der Waals surface area (Å²) in [4.78, 5) is 2.51. The molecule has 0 aliphatic rings. The summed E-state index contributed by atoms with van der Waals surface area (Å²) in [6.07, 6.45) is 18.6. The minimum atomic E-state index is 0.177. The van der Waals surface area contributed by atoms with Crippen LogP contribution in [0.4, 0.5) is 5.69 Å². The Hall–Kier alpha value is -2.58. The summed E-state index contributed by atoms with van der Waals surface area (Å²) in [6.45, 7) is 21.1. The van der Waals surface area contributed by atoms with Crippen molar-refractivity contribution >= 4 is 5.69 Å². The number of para-hydroxylation sites is 1. The first-order chi connectivity index (χ1) is 14.9. The number of benzene rings is 1. The predicted molar refractivity (Wildman–Crippen MR) is 141 cm³/mol. The van der Waals surface area contributed by atoms with Gasteiger partial charge < -0.3 is 5.32 Å². The van der Waals surface area contributed by atoms with Crippen LogP contribution in [-0.2, 0) is 0 Å². The van der Waals surface area contributed by atoms with Crippen LogP contribution in [0.1, 0.15) is 46.1 Å². The molecule has 1 rings (SSSR count). The molecule has 0 spiro atoms. The van der Waals surface area contributed by atoms with Gasteiger partial charge in [-0.25, -0.2) is 0 Å². The van der Waals surface area contributed by atoms with Gasteiger partial charge in [-0.3, -0.25) is 4.90 Å². The van der Waals surface area contributed by atoms with Gasteiger partial charge in [0.25, 0.3) is 0 Å². The molecule has 2 atom stereocenters. The van der Waals surface area contributed by atoms with Gasteiger partial charge in [0, 0.05) is 18.3 Å². The minimum absolute atomic E-state index is 0.177. The molecule has 0 saturated heterocycles. The Morgan fingerprint density at radius 2 is 1.87 bits per heavy atom. The third-order valence-electron chi connectivity index (χ3n) is 5.35. The van der Waals surface area contributed by atoms with Crippen molar-refractivity contribution < 1.29 is 0 Å². The Labute approximate surface area is 191 Å². The molecule has 0 heterocycles. The number of allylic oxidation sites excluding steroid dienone is 7. The van der Waals surface area contributed by atoms with Crippen LogP contribution in [0.3, 0.4) is 0 Å². The molecule has 1 aromatic rings. The maximum Gasteiger partial charge on any atom is 0.0555 e. The van der Waals surface area contributed by atoms with Crippen molar-refractivity contribution in [3.63, 3.8) is 0 Å². The highest BCUT2D eigenvalue weighted by Crippen LogP contribution is 2.21. The van der Waals surface area contributed by atoms with Crippen LogP contribution in [0.25, 0.3) is 0 Å². The van der Waals surface area contributed by atoms with Crippen molar-refractivity contribution in [2.24, 2.45) is 0 Å². The van der Waals surface area contributed by atoms with E-state index < -0.39 is 0 Å². The molecule has 1 N–H and O–H groups in total. The minimum Gasteiger partial charge on any atom is -0.382 e. The first-order valence-corrected chi connectivity index (χ1v) is 11.5. The molecule has 2 unspecified atom stereocenters. The van der Waals surface area contributed by atoms with E-state index in [1.54, 1.807) is 6.08 Å².